The minimum Gasteiger partial charge on any atom is -0.481 e. The van der Waals surface area contributed by atoms with Gasteiger partial charge in [0.25, 0.3) is 0 Å². The molecule has 2 atom stereocenters. The van der Waals surface area contributed by atoms with Crippen molar-refractivity contribution in [1.82, 2.24) is 0 Å². The van der Waals surface area contributed by atoms with Gasteiger partial charge in [0.2, 0.25) is 0 Å². The van der Waals surface area contributed by atoms with Gasteiger partial charge in [-0.1, -0.05) is 194 Å². The fraction of sp³-hybridized carbons (Fsp3) is 0.923. The topological polar surface area (TPSA) is 132 Å². The van der Waals surface area contributed by atoms with Gasteiger partial charge in [-0.05, 0) is 18.8 Å². The molecule has 0 bridgehead atoms. The molecular formula is C39H74O7. The zero-order chi connectivity index (χ0) is 34.3. The van der Waals surface area contributed by atoms with Crippen molar-refractivity contribution in [3.63, 3.8) is 0 Å². The van der Waals surface area contributed by atoms with Crippen LogP contribution >= 0.6 is 0 Å². The number of aliphatic hydroxyl groups is 1. The van der Waals surface area contributed by atoms with Gasteiger partial charge in [-0.3, -0.25) is 9.59 Å². The van der Waals surface area contributed by atoms with E-state index in [9.17, 15) is 34.8 Å². The number of carboxylic acids is 3. The Hall–Kier alpha value is -1.63. The number of carbonyl (C=O) groups is 3. The summed E-state index contributed by atoms with van der Waals surface area (Å²) in [6.07, 6.45) is 33.8. The summed E-state index contributed by atoms with van der Waals surface area (Å²) in [5.74, 6) is -6.93. The monoisotopic (exact) mass is 655 g/mol. The van der Waals surface area contributed by atoms with Gasteiger partial charge < -0.3 is 20.4 Å². The summed E-state index contributed by atoms with van der Waals surface area (Å²) < 4.78 is 0. The van der Waals surface area contributed by atoms with Gasteiger partial charge in [0, 0.05) is 0 Å². The van der Waals surface area contributed by atoms with Crippen LogP contribution in [0.4, 0.5) is 0 Å². The van der Waals surface area contributed by atoms with E-state index < -0.39 is 41.8 Å². The molecule has 7 heteroatoms. The molecule has 4 N–H and O–H groups in total. The van der Waals surface area contributed by atoms with Crippen molar-refractivity contribution in [2.75, 3.05) is 0 Å². The third-order valence-corrected chi connectivity index (χ3v) is 9.90. The van der Waals surface area contributed by atoms with Crippen molar-refractivity contribution < 1.29 is 34.8 Å². The summed E-state index contributed by atoms with van der Waals surface area (Å²) >= 11 is 0. The van der Waals surface area contributed by atoms with E-state index >= 15 is 0 Å². The average Bonchev–Trinajstić information content (AvgIpc) is 3.00. The Labute approximate surface area is 282 Å². The molecule has 0 fully saturated rings. The first kappa shape index (κ1) is 44.4. The van der Waals surface area contributed by atoms with Gasteiger partial charge in [-0.2, -0.15) is 0 Å². The maximum Gasteiger partial charge on any atom is 0.337 e. The van der Waals surface area contributed by atoms with E-state index in [-0.39, 0.29) is 0 Å². The highest BCUT2D eigenvalue weighted by Gasteiger charge is 2.52. The predicted octanol–water partition coefficient (Wildman–Crippen LogP) is 11.3. The van der Waals surface area contributed by atoms with Gasteiger partial charge in [0.1, 0.15) is 0 Å². The van der Waals surface area contributed by atoms with Crippen LogP contribution < -0.4 is 0 Å². The molecule has 0 saturated heterocycles. The molecule has 0 aliphatic carbocycles. The second kappa shape index (κ2) is 30.7. The Morgan fingerprint density at radius 2 is 0.717 bits per heavy atom. The molecule has 272 valence electrons. The Morgan fingerprint density at radius 1 is 0.457 bits per heavy atom. The molecule has 0 aromatic carbocycles. The summed E-state index contributed by atoms with van der Waals surface area (Å²) in [4.78, 5) is 35.8. The number of hydrogen-bond acceptors (Lipinski definition) is 4. The quantitative estimate of drug-likeness (QED) is 0.0494. The lowest BCUT2D eigenvalue weighted by atomic mass is 9.72. The highest BCUT2D eigenvalue weighted by Crippen LogP contribution is 2.36. The van der Waals surface area contributed by atoms with Crippen molar-refractivity contribution in [2.24, 2.45) is 11.8 Å². The molecule has 0 aliphatic heterocycles. The first-order valence-corrected chi connectivity index (χ1v) is 19.6. The number of hydrogen-bond donors (Lipinski definition) is 4. The second-order valence-electron chi connectivity index (χ2n) is 14.1. The lowest BCUT2D eigenvalue weighted by Gasteiger charge is -2.34. The van der Waals surface area contributed by atoms with Crippen LogP contribution in [0.2, 0.25) is 0 Å². The molecule has 0 saturated carbocycles. The molecule has 2 unspecified atom stereocenters. The van der Waals surface area contributed by atoms with Crippen LogP contribution in [-0.4, -0.2) is 43.9 Å². The van der Waals surface area contributed by atoms with Crippen molar-refractivity contribution in [2.45, 2.75) is 218 Å². The molecule has 0 amide bonds. The zero-order valence-electron chi connectivity index (χ0n) is 30.1. The molecule has 0 heterocycles. The molecule has 0 aromatic heterocycles. The largest absolute Gasteiger partial charge is 0.481 e. The minimum absolute atomic E-state index is 0.489. The Kier molecular flexibility index (Phi) is 29.6. The van der Waals surface area contributed by atoms with Crippen molar-refractivity contribution in [1.29, 1.82) is 0 Å². The van der Waals surface area contributed by atoms with E-state index in [0.29, 0.717) is 12.8 Å². The molecule has 0 radical (unpaired) electrons. The van der Waals surface area contributed by atoms with Crippen molar-refractivity contribution in [3.8, 4) is 0 Å². The summed E-state index contributed by atoms with van der Waals surface area (Å²) in [5, 5.41) is 40.1. The molecule has 0 rings (SSSR count). The summed E-state index contributed by atoms with van der Waals surface area (Å²) in [6, 6.07) is 0. The third kappa shape index (κ3) is 23.7. The van der Waals surface area contributed by atoms with E-state index in [2.05, 4.69) is 13.8 Å². The average molecular weight is 655 g/mol. The van der Waals surface area contributed by atoms with Crippen LogP contribution in [-0.2, 0) is 14.4 Å². The van der Waals surface area contributed by atoms with Crippen LogP contribution in [0.25, 0.3) is 0 Å². The van der Waals surface area contributed by atoms with Gasteiger partial charge in [-0.25, -0.2) is 4.79 Å². The highest BCUT2D eigenvalue weighted by molar-refractivity contribution is 5.89. The maximum atomic E-state index is 12.4. The first-order valence-electron chi connectivity index (χ1n) is 19.6. The normalized spacial score (nSPS) is 13.6. The summed E-state index contributed by atoms with van der Waals surface area (Å²) in [7, 11) is 0. The fourth-order valence-corrected chi connectivity index (χ4v) is 7.02. The number of rotatable bonds is 36. The third-order valence-electron chi connectivity index (χ3n) is 9.90. The van der Waals surface area contributed by atoms with Crippen LogP contribution in [0.3, 0.4) is 0 Å². The number of carboxylic acid groups (broad SMARTS) is 3. The van der Waals surface area contributed by atoms with Crippen molar-refractivity contribution >= 4 is 17.9 Å². The smallest absolute Gasteiger partial charge is 0.337 e. The van der Waals surface area contributed by atoms with E-state index in [1.807, 2.05) is 0 Å². The second-order valence-corrected chi connectivity index (χ2v) is 14.1. The number of unbranched alkanes of at least 4 members (excludes halogenated alkanes) is 26. The SMILES string of the molecule is CCCCCCCCCCCCCCCCC(CCCCCCCCCCCCCCCC)C(C(=O)O)C(O)(CC(=O)O)C(=O)O. The lowest BCUT2D eigenvalue weighted by molar-refractivity contribution is -0.183. The molecule has 46 heavy (non-hydrogen) atoms. The first-order chi connectivity index (χ1) is 22.2. The van der Waals surface area contributed by atoms with Crippen LogP contribution in [0.1, 0.15) is 213 Å². The molecule has 0 aliphatic rings. The predicted molar refractivity (Wildman–Crippen MR) is 189 cm³/mol. The Balaban J connectivity index is 4.59. The minimum atomic E-state index is -2.83. The van der Waals surface area contributed by atoms with Crippen LogP contribution in [0.15, 0.2) is 0 Å². The Morgan fingerprint density at radius 3 is 0.935 bits per heavy atom. The summed E-state index contributed by atoms with van der Waals surface area (Å²) in [6.45, 7) is 4.49. The van der Waals surface area contributed by atoms with Crippen molar-refractivity contribution in [3.05, 3.63) is 0 Å². The van der Waals surface area contributed by atoms with Gasteiger partial charge >= 0.3 is 17.9 Å². The maximum absolute atomic E-state index is 12.4. The highest BCUT2D eigenvalue weighted by atomic mass is 16.4. The van der Waals surface area contributed by atoms with E-state index in [1.54, 1.807) is 0 Å². The van der Waals surface area contributed by atoms with E-state index in [4.69, 9.17) is 0 Å². The van der Waals surface area contributed by atoms with E-state index in [0.717, 1.165) is 51.4 Å². The summed E-state index contributed by atoms with van der Waals surface area (Å²) in [5.41, 5.74) is -2.83. The lowest BCUT2D eigenvalue weighted by Crippen LogP contribution is -2.53. The van der Waals surface area contributed by atoms with E-state index in [1.165, 1.54) is 128 Å². The molecule has 0 spiro atoms. The van der Waals surface area contributed by atoms with Crippen LogP contribution in [0.5, 0.6) is 0 Å². The molecule has 7 nitrogen and oxygen atoms in total. The molecule has 0 aromatic rings. The van der Waals surface area contributed by atoms with Gasteiger partial charge in [-0.15, -0.1) is 0 Å². The Bertz CT molecular complexity index is 708. The van der Waals surface area contributed by atoms with Gasteiger partial charge in [0.05, 0.1) is 12.3 Å². The zero-order valence-corrected chi connectivity index (χ0v) is 30.1. The van der Waals surface area contributed by atoms with Crippen LogP contribution in [0, 0.1) is 11.8 Å². The number of aliphatic carboxylic acids is 3. The van der Waals surface area contributed by atoms with Gasteiger partial charge in [0.15, 0.2) is 5.60 Å². The fourth-order valence-electron chi connectivity index (χ4n) is 7.02. The molecular weight excluding hydrogens is 580 g/mol. The standard InChI is InChI=1S/C39H74O7/c1-3-5-7-9-11-13-15-17-19-21-23-25-27-29-31-34(36(37(42)43)39(46,38(44)45)33-35(40)41)32-30-28-26-24-22-20-18-16-14-12-10-8-6-4-2/h34,36,46H,3-33H2,1-2H3,(H,40,41)(H,42,43)(H,44,45).